The molecule has 5 rings (SSSR count). The van der Waals surface area contributed by atoms with E-state index >= 15 is 0 Å². The average molecular weight is 385 g/mol. The number of rotatable bonds is 4. The first-order valence-electron chi connectivity index (χ1n) is 9.87. The molecule has 0 N–H and O–H groups in total. The van der Waals surface area contributed by atoms with Gasteiger partial charge in [-0.15, -0.1) is 0 Å². The summed E-state index contributed by atoms with van der Waals surface area (Å²) in [5, 5.41) is 0. The average Bonchev–Trinajstić information content (AvgIpc) is 2.85. The van der Waals surface area contributed by atoms with Gasteiger partial charge in [-0.05, 0) is 42.5 Å². The molecular formula is C27H19N3. The quantitative estimate of drug-likeness (QED) is 0.352. The van der Waals surface area contributed by atoms with Gasteiger partial charge in [0, 0.05) is 34.6 Å². The molecule has 0 amide bonds. The van der Waals surface area contributed by atoms with Gasteiger partial charge in [-0.25, -0.2) is 4.98 Å². The summed E-state index contributed by atoms with van der Waals surface area (Å²) in [4.78, 5) is 13.8. The van der Waals surface area contributed by atoms with E-state index in [1.165, 1.54) is 0 Å². The van der Waals surface area contributed by atoms with Crippen molar-refractivity contribution in [3.63, 3.8) is 0 Å². The predicted octanol–water partition coefficient (Wildman–Crippen LogP) is 6.54. The number of pyridine rings is 3. The molecule has 0 unspecified atom stereocenters. The highest BCUT2D eigenvalue weighted by Crippen LogP contribution is 2.27. The first-order valence-corrected chi connectivity index (χ1v) is 9.87. The Bertz CT molecular complexity index is 1260. The van der Waals surface area contributed by atoms with E-state index in [9.17, 15) is 0 Å². The number of aromatic nitrogens is 3. The van der Waals surface area contributed by atoms with Gasteiger partial charge in [0.05, 0.1) is 22.8 Å². The molecule has 3 nitrogen and oxygen atoms in total. The van der Waals surface area contributed by atoms with Gasteiger partial charge in [0.2, 0.25) is 0 Å². The van der Waals surface area contributed by atoms with E-state index in [0.29, 0.717) is 0 Å². The van der Waals surface area contributed by atoms with Crippen molar-refractivity contribution in [3.05, 3.63) is 116 Å². The van der Waals surface area contributed by atoms with E-state index in [1.54, 1.807) is 0 Å². The van der Waals surface area contributed by atoms with Crippen molar-refractivity contribution in [2.24, 2.45) is 0 Å². The van der Waals surface area contributed by atoms with Crippen LogP contribution in [-0.2, 0) is 0 Å². The lowest BCUT2D eigenvalue weighted by molar-refractivity contribution is 1.30. The summed E-state index contributed by atoms with van der Waals surface area (Å²) < 4.78 is 0. The van der Waals surface area contributed by atoms with Crippen LogP contribution < -0.4 is 0 Å². The molecular weight excluding hydrogens is 366 g/mol. The summed E-state index contributed by atoms with van der Waals surface area (Å²) in [6.07, 6.45) is 3.63. The maximum atomic E-state index is 4.91. The van der Waals surface area contributed by atoms with Crippen LogP contribution in [0.4, 0.5) is 0 Å². The van der Waals surface area contributed by atoms with E-state index in [-0.39, 0.29) is 0 Å². The lowest BCUT2D eigenvalue weighted by atomic mass is 10.0. The first kappa shape index (κ1) is 18.0. The molecule has 3 aromatic heterocycles. The summed E-state index contributed by atoms with van der Waals surface area (Å²) in [5.41, 5.74) is 8.15. The minimum Gasteiger partial charge on any atom is -0.256 e. The van der Waals surface area contributed by atoms with Gasteiger partial charge in [-0.2, -0.15) is 0 Å². The Labute approximate surface area is 175 Å². The molecule has 3 heteroatoms. The summed E-state index contributed by atoms with van der Waals surface area (Å²) in [6, 6.07) is 34.8. The molecule has 3 heterocycles. The highest BCUT2D eigenvalue weighted by Gasteiger charge is 2.07. The van der Waals surface area contributed by atoms with Gasteiger partial charge in [-0.3, -0.25) is 9.97 Å². The predicted molar refractivity (Wildman–Crippen MR) is 122 cm³/mol. The first-order chi connectivity index (χ1) is 14.9. The maximum Gasteiger partial charge on any atom is 0.0709 e. The second kappa shape index (κ2) is 8.10. The Morgan fingerprint density at radius 2 is 0.833 bits per heavy atom. The SMILES string of the molecule is c1ccc(-c2ccc(-c3cccc(-c4cccc(-c5ccccn5)c4)n3)cc2)nc1. The van der Waals surface area contributed by atoms with E-state index in [0.717, 1.165) is 45.0 Å². The summed E-state index contributed by atoms with van der Waals surface area (Å²) >= 11 is 0. The van der Waals surface area contributed by atoms with Crippen molar-refractivity contribution in [2.45, 2.75) is 0 Å². The summed E-state index contributed by atoms with van der Waals surface area (Å²) in [7, 11) is 0. The molecule has 0 aliphatic carbocycles. The van der Waals surface area contributed by atoms with Gasteiger partial charge in [-0.1, -0.05) is 60.7 Å². The van der Waals surface area contributed by atoms with Crippen molar-refractivity contribution < 1.29 is 0 Å². The van der Waals surface area contributed by atoms with Crippen molar-refractivity contribution in [1.29, 1.82) is 0 Å². The van der Waals surface area contributed by atoms with Crippen LogP contribution in [0.2, 0.25) is 0 Å². The van der Waals surface area contributed by atoms with Gasteiger partial charge < -0.3 is 0 Å². The number of nitrogens with zero attached hydrogens (tertiary/aromatic N) is 3. The van der Waals surface area contributed by atoms with Gasteiger partial charge in [0.1, 0.15) is 0 Å². The number of benzene rings is 2. The minimum atomic E-state index is 0.944. The molecule has 2 aromatic carbocycles. The molecule has 5 aromatic rings. The van der Waals surface area contributed by atoms with Crippen LogP contribution in [0.15, 0.2) is 116 Å². The third-order valence-corrected chi connectivity index (χ3v) is 5.01. The largest absolute Gasteiger partial charge is 0.256 e. The Balaban J connectivity index is 1.46. The van der Waals surface area contributed by atoms with Crippen LogP contribution >= 0.6 is 0 Å². The Morgan fingerprint density at radius 1 is 0.367 bits per heavy atom. The highest BCUT2D eigenvalue weighted by atomic mass is 14.7. The van der Waals surface area contributed by atoms with Crippen LogP contribution in [0.5, 0.6) is 0 Å². The lowest BCUT2D eigenvalue weighted by Gasteiger charge is -2.08. The second-order valence-electron chi connectivity index (χ2n) is 7.00. The minimum absolute atomic E-state index is 0.944. The van der Waals surface area contributed by atoms with Crippen molar-refractivity contribution in [1.82, 2.24) is 15.0 Å². The highest BCUT2D eigenvalue weighted by molar-refractivity contribution is 5.72. The summed E-state index contributed by atoms with van der Waals surface area (Å²) in [5.74, 6) is 0. The fourth-order valence-electron chi connectivity index (χ4n) is 3.47. The molecule has 0 aliphatic rings. The number of hydrogen-bond donors (Lipinski definition) is 0. The van der Waals surface area contributed by atoms with E-state index < -0.39 is 0 Å². The third-order valence-electron chi connectivity index (χ3n) is 5.01. The van der Waals surface area contributed by atoms with Crippen LogP contribution in [0.3, 0.4) is 0 Å². The van der Waals surface area contributed by atoms with Crippen LogP contribution in [0.1, 0.15) is 0 Å². The normalized spacial score (nSPS) is 10.7. The van der Waals surface area contributed by atoms with Crippen molar-refractivity contribution in [2.75, 3.05) is 0 Å². The zero-order chi connectivity index (χ0) is 20.2. The Hall–Kier alpha value is -4.11. The topological polar surface area (TPSA) is 38.7 Å². The van der Waals surface area contributed by atoms with Crippen LogP contribution in [0.25, 0.3) is 45.0 Å². The molecule has 0 saturated heterocycles. The standard InChI is InChI=1S/C27H19N3/c1-3-17-28-24(9-1)20-13-15-21(16-14-20)26-11-6-12-27(30-26)23-8-5-7-22(19-23)25-10-2-4-18-29-25/h1-19H. The van der Waals surface area contributed by atoms with Gasteiger partial charge >= 0.3 is 0 Å². The van der Waals surface area contributed by atoms with E-state index in [1.807, 2.05) is 60.9 Å². The molecule has 142 valence electrons. The second-order valence-corrected chi connectivity index (χ2v) is 7.00. The molecule has 0 saturated carbocycles. The van der Waals surface area contributed by atoms with E-state index in [2.05, 4.69) is 64.6 Å². The van der Waals surface area contributed by atoms with Crippen molar-refractivity contribution >= 4 is 0 Å². The smallest absolute Gasteiger partial charge is 0.0709 e. The zero-order valence-corrected chi connectivity index (χ0v) is 16.3. The van der Waals surface area contributed by atoms with Gasteiger partial charge in [0.15, 0.2) is 0 Å². The maximum absolute atomic E-state index is 4.91. The Kier molecular flexibility index (Phi) is 4.84. The fourth-order valence-corrected chi connectivity index (χ4v) is 3.47. The van der Waals surface area contributed by atoms with Gasteiger partial charge in [0.25, 0.3) is 0 Å². The molecule has 0 atom stereocenters. The van der Waals surface area contributed by atoms with Crippen LogP contribution in [0, 0.1) is 0 Å². The number of hydrogen-bond acceptors (Lipinski definition) is 3. The molecule has 0 bridgehead atoms. The van der Waals surface area contributed by atoms with Crippen molar-refractivity contribution in [3.8, 4) is 45.0 Å². The van der Waals surface area contributed by atoms with Crippen LogP contribution in [-0.4, -0.2) is 15.0 Å². The molecule has 30 heavy (non-hydrogen) atoms. The zero-order valence-electron chi connectivity index (χ0n) is 16.3. The van der Waals surface area contributed by atoms with E-state index in [4.69, 9.17) is 4.98 Å². The molecule has 0 aliphatic heterocycles. The lowest BCUT2D eigenvalue weighted by Crippen LogP contribution is -1.89. The fraction of sp³-hybridized carbons (Fsp3) is 0. The molecule has 0 spiro atoms. The molecule has 0 fully saturated rings. The Morgan fingerprint density at radius 3 is 1.43 bits per heavy atom. The third kappa shape index (κ3) is 3.74. The molecule has 0 radical (unpaired) electrons. The summed E-state index contributed by atoms with van der Waals surface area (Å²) in [6.45, 7) is 0. The monoisotopic (exact) mass is 385 g/mol.